The van der Waals surface area contributed by atoms with E-state index in [0.29, 0.717) is 0 Å². The summed E-state index contributed by atoms with van der Waals surface area (Å²) in [6.45, 7) is 0.928. The molecule has 0 unspecified atom stereocenters. The molecule has 2 aromatic rings. The molecule has 0 aliphatic heterocycles. The van der Waals surface area contributed by atoms with Crippen LogP contribution in [0.2, 0.25) is 0 Å². The number of hydrogen-bond acceptors (Lipinski definition) is 8. The van der Waals surface area contributed by atoms with Gasteiger partial charge in [0.1, 0.15) is 0 Å². The van der Waals surface area contributed by atoms with Gasteiger partial charge in [0.25, 0.3) is 0 Å². The number of esters is 1. The van der Waals surface area contributed by atoms with Gasteiger partial charge in [-0.25, -0.2) is 8.42 Å². The fourth-order valence-electron chi connectivity index (χ4n) is 2.94. The van der Waals surface area contributed by atoms with Crippen LogP contribution in [0.15, 0.2) is 53.4 Å². The fourth-order valence-corrected chi connectivity index (χ4v) is 7.77. The average molecular weight is 471 g/mol. The number of aryl methyl sites for hydroxylation is 1. The Morgan fingerprint density at radius 2 is 1.45 bits per heavy atom. The van der Waals surface area contributed by atoms with E-state index in [2.05, 4.69) is 0 Å². The quantitative estimate of drug-likeness (QED) is 0.377. The smallest absolute Gasteiger partial charge is 0.338 e. The molecule has 2 N–H and O–H groups in total. The van der Waals surface area contributed by atoms with Gasteiger partial charge in [0, 0.05) is 17.1 Å². The van der Waals surface area contributed by atoms with E-state index in [1.54, 1.807) is 24.3 Å². The van der Waals surface area contributed by atoms with Crippen LogP contribution in [-0.2, 0) is 18.5 Å². The van der Waals surface area contributed by atoms with E-state index < -0.39 is 51.1 Å². The Hall–Kier alpha value is -2.24. The number of carbonyl (C=O) groups is 2. The number of ketones is 1. The first kappa shape index (κ1) is 25.0. The third kappa shape index (κ3) is 6.37. The highest BCUT2D eigenvalue weighted by atomic mass is 32.3. The minimum Gasteiger partial charge on any atom is -0.465 e. The molecule has 0 fully saturated rings. The van der Waals surface area contributed by atoms with Crippen LogP contribution in [0.3, 0.4) is 0 Å². The molecule has 170 valence electrons. The summed E-state index contributed by atoms with van der Waals surface area (Å²) < 4.78 is 36.1. The molecule has 2 rings (SSSR count). The van der Waals surface area contributed by atoms with E-state index >= 15 is 0 Å². The van der Waals surface area contributed by atoms with Crippen LogP contribution in [0, 0.1) is 6.92 Å². The van der Waals surface area contributed by atoms with Crippen molar-refractivity contribution in [3.8, 4) is 0 Å². The lowest BCUT2D eigenvalue weighted by Crippen LogP contribution is -2.28. The van der Waals surface area contributed by atoms with Gasteiger partial charge in [0.15, 0.2) is 5.78 Å². The van der Waals surface area contributed by atoms with Crippen LogP contribution < -0.4 is 0 Å². The zero-order chi connectivity index (χ0) is 23.1. The van der Waals surface area contributed by atoms with Gasteiger partial charge < -0.3 is 14.9 Å². The Morgan fingerprint density at radius 3 is 1.97 bits per heavy atom. The maximum absolute atomic E-state index is 13.1. The number of aliphatic hydroxyl groups is 2. The van der Waals surface area contributed by atoms with Gasteiger partial charge in [0.05, 0.1) is 36.5 Å². The molecule has 8 nitrogen and oxygen atoms in total. The molecule has 0 atom stereocenters. The van der Waals surface area contributed by atoms with Crippen molar-refractivity contribution in [3.05, 3.63) is 65.2 Å². The molecule has 0 saturated carbocycles. The number of benzene rings is 2. The lowest BCUT2D eigenvalue weighted by molar-refractivity contribution is 0.0597. The Bertz CT molecular complexity index is 1010. The molecule has 0 heterocycles. The van der Waals surface area contributed by atoms with E-state index in [0.717, 1.165) is 5.56 Å². The third-order valence-electron chi connectivity index (χ3n) is 4.50. The average Bonchev–Trinajstić information content (AvgIpc) is 2.73. The van der Waals surface area contributed by atoms with Gasteiger partial charge in [0.2, 0.25) is 0 Å². The van der Waals surface area contributed by atoms with Gasteiger partial charge >= 0.3 is 16.1 Å². The predicted octanol–water partition coefficient (Wildman–Crippen LogP) is 2.07. The molecule has 31 heavy (non-hydrogen) atoms. The summed E-state index contributed by atoms with van der Waals surface area (Å²) in [6.07, 6.45) is 0. The molecular formula is C21H26O8S2. The summed E-state index contributed by atoms with van der Waals surface area (Å²) in [5.41, 5.74) is 0.953. The Balaban J connectivity index is 2.43. The van der Waals surface area contributed by atoms with Crippen LogP contribution in [0.25, 0.3) is 0 Å². The lowest BCUT2D eigenvalue weighted by Gasteiger charge is -2.37. The highest BCUT2D eigenvalue weighted by Crippen LogP contribution is 2.51. The van der Waals surface area contributed by atoms with E-state index in [1.807, 2.05) is 6.92 Å². The summed E-state index contributed by atoms with van der Waals surface area (Å²) in [5, 5.41) is 19.2. The number of rotatable bonds is 11. The normalized spacial score (nSPS) is 12.4. The molecule has 0 radical (unpaired) electrons. The second-order valence-electron chi connectivity index (χ2n) is 6.76. The molecule has 0 saturated heterocycles. The highest BCUT2D eigenvalue weighted by Gasteiger charge is 2.35. The predicted molar refractivity (Wildman–Crippen MR) is 118 cm³/mol. The van der Waals surface area contributed by atoms with Crippen LogP contribution in [-0.4, -0.2) is 68.0 Å². The fraction of sp³-hybridized carbons (Fsp3) is 0.333. The van der Waals surface area contributed by atoms with Crippen molar-refractivity contribution in [1.29, 1.82) is 0 Å². The molecule has 0 aliphatic rings. The summed E-state index contributed by atoms with van der Waals surface area (Å²) in [7, 11) is -5.88. The number of ether oxygens (including phenoxy) is 1. The summed E-state index contributed by atoms with van der Waals surface area (Å²) >= 11 is 0. The minimum atomic E-state index is -4.27. The monoisotopic (exact) mass is 470 g/mol. The van der Waals surface area contributed by atoms with Crippen LogP contribution in [0.1, 0.15) is 26.3 Å². The maximum Gasteiger partial charge on any atom is 0.338 e. The first-order valence-corrected chi connectivity index (χ1v) is 12.9. The van der Waals surface area contributed by atoms with Crippen molar-refractivity contribution in [2.45, 2.75) is 11.8 Å². The molecule has 0 amide bonds. The molecule has 0 bridgehead atoms. The van der Waals surface area contributed by atoms with Crippen molar-refractivity contribution >= 4 is 32.2 Å². The van der Waals surface area contributed by atoms with Crippen molar-refractivity contribution < 1.29 is 36.6 Å². The van der Waals surface area contributed by atoms with Crippen LogP contribution >= 0.6 is 10.3 Å². The number of hydrogen-bond donors (Lipinski definition) is 2. The largest absolute Gasteiger partial charge is 0.465 e. The zero-order valence-corrected chi connectivity index (χ0v) is 18.9. The van der Waals surface area contributed by atoms with E-state index in [4.69, 9.17) is 8.37 Å². The zero-order valence-electron chi connectivity index (χ0n) is 17.3. The Kier molecular flexibility index (Phi) is 8.78. The van der Waals surface area contributed by atoms with E-state index in [1.165, 1.54) is 31.4 Å². The van der Waals surface area contributed by atoms with E-state index in [9.17, 15) is 28.2 Å². The number of Topliss-reactive ketones (excluding diaryl/α,β-unsaturated/α-hetero) is 1. The topological polar surface area (TPSA) is 127 Å². The molecular weight excluding hydrogens is 444 g/mol. The first-order valence-electron chi connectivity index (χ1n) is 9.39. The first-order chi connectivity index (χ1) is 14.7. The maximum atomic E-state index is 13.1. The van der Waals surface area contributed by atoms with Gasteiger partial charge in [-0.05, 0) is 25.1 Å². The summed E-state index contributed by atoms with van der Waals surface area (Å²) in [5.74, 6) is -1.91. The molecule has 2 aromatic carbocycles. The van der Waals surface area contributed by atoms with Crippen molar-refractivity contribution in [1.82, 2.24) is 0 Å². The number of aliphatic hydroxyl groups excluding tert-OH is 2. The Labute approximate surface area is 183 Å². The third-order valence-corrected chi connectivity index (χ3v) is 9.86. The molecule has 0 aliphatic carbocycles. The van der Waals surface area contributed by atoms with Crippen molar-refractivity contribution in [3.63, 3.8) is 0 Å². The number of carbonyl (C=O) groups excluding carboxylic acids is 2. The van der Waals surface area contributed by atoms with Gasteiger partial charge in [-0.2, -0.15) is 8.42 Å². The van der Waals surface area contributed by atoms with Crippen LogP contribution in [0.5, 0.6) is 0 Å². The summed E-state index contributed by atoms with van der Waals surface area (Å²) in [6, 6.07) is 12.0. The Morgan fingerprint density at radius 1 is 0.903 bits per heavy atom. The molecule has 0 aromatic heterocycles. The van der Waals surface area contributed by atoms with Gasteiger partial charge in [-0.1, -0.05) is 35.9 Å². The van der Waals surface area contributed by atoms with Crippen molar-refractivity contribution in [2.24, 2.45) is 0 Å². The molecule has 0 spiro atoms. The lowest BCUT2D eigenvalue weighted by atomic mass is 10.0. The van der Waals surface area contributed by atoms with Crippen LogP contribution in [0.4, 0.5) is 0 Å². The van der Waals surface area contributed by atoms with Crippen molar-refractivity contribution in [2.75, 3.05) is 37.6 Å². The van der Waals surface area contributed by atoms with E-state index in [-0.39, 0.29) is 27.5 Å². The number of methoxy groups -OCH3 is 1. The van der Waals surface area contributed by atoms with Gasteiger partial charge in [-0.3, -0.25) is 4.79 Å². The van der Waals surface area contributed by atoms with Gasteiger partial charge in [-0.15, -0.1) is 10.3 Å². The standard InChI is InChI=1S/C21H26O8S2/c1-16-7-9-17(10-8-16)31(26,27)29-30(13-11-22,14-12-23)15-20(24)18-5-3-4-6-19(18)21(25)28-2/h3-10,22-23H,11-15H2,1-2H3. The second-order valence-corrected chi connectivity index (χ2v) is 11.7. The SMILES string of the molecule is COC(=O)c1ccccc1C(=O)CS(CCO)(CCO)OS(=O)(=O)c1ccc(C)cc1. The summed E-state index contributed by atoms with van der Waals surface area (Å²) in [4.78, 5) is 25.0. The second kappa shape index (κ2) is 10.9. The highest BCUT2D eigenvalue weighted by molar-refractivity contribution is 8.33. The minimum absolute atomic E-state index is 0.0395. The molecule has 10 heteroatoms.